The molecule has 2 bridgehead atoms. The van der Waals surface area contributed by atoms with E-state index in [1.807, 2.05) is 34.1 Å². The third kappa shape index (κ3) is 2.54. The Labute approximate surface area is 158 Å². The number of ether oxygens (including phenoxy) is 1. The Hall–Kier alpha value is -2.47. The summed E-state index contributed by atoms with van der Waals surface area (Å²) in [6, 6.07) is 3.83. The Balaban J connectivity index is 1.39. The number of carbonyl (C=O) groups excluding carboxylic acids is 2. The van der Waals surface area contributed by atoms with E-state index in [9.17, 15) is 9.59 Å². The lowest BCUT2D eigenvalue weighted by atomic mass is 9.76. The molecule has 2 amide bonds. The molecule has 4 aliphatic heterocycles. The zero-order valence-electron chi connectivity index (χ0n) is 15.4. The zero-order valence-corrected chi connectivity index (χ0v) is 15.4. The normalized spacial score (nSPS) is 34.2. The molecule has 4 atom stereocenters. The van der Waals surface area contributed by atoms with Crippen LogP contribution in [0.1, 0.15) is 18.9 Å². The van der Waals surface area contributed by atoms with Crippen molar-refractivity contribution < 1.29 is 14.3 Å². The van der Waals surface area contributed by atoms with E-state index in [1.165, 1.54) is 5.57 Å². The third-order valence-electron chi connectivity index (χ3n) is 6.31. The van der Waals surface area contributed by atoms with E-state index in [0.29, 0.717) is 19.6 Å². The highest BCUT2D eigenvalue weighted by Gasteiger charge is 2.67. The Morgan fingerprint density at radius 1 is 1.44 bits per heavy atom. The second-order valence-corrected chi connectivity index (χ2v) is 8.04. The number of fused-ring (bicyclic) bond motifs is 1. The Morgan fingerprint density at radius 2 is 2.33 bits per heavy atom. The third-order valence-corrected chi connectivity index (χ3v) is 6.31. The SMILES string of the molecule is CC1=CCN(C(=O)C2C3C(=O)N(Cc4cccnc4)C[C@@]34C=C[C@@H]2O4)CC1. The summed E-state index contributed by atoms with van der Waals surface area (Å²) < 4.78 is 6.22. The first-order chi connectivity index (χ1) is 13.1. The number of nitrogens with zero attached hydrogens (tertiary/aromatic N) is 3. The topological polar surface area (TPSA) is 62.7 Å². The standard InChI is InChI=1S/C21H23N3O3/c1-14-5-9-23(10-6-14)19(25)17-16-4-7-21(27-16)13-24(20(26)18(17)21)12-15-3-2-8-22-11-15/h2-5,7-8,11,16-18H,6,9-10,12-13H2,1H3/t16-,17?,18?,21-/m0/s1. The molecule has 140 valence electrons. The highest BCUT2D eigenvalue weighted by molar-refractivity contribution is 5.93. The van der Waals surface area contributed by atoms with Crippen LogP contribution in [-0.4, -0.2) is 57.9 Å². The molecule has 2 saturated heterocycles. The molecule has 2 fully saturated rings. The quantitative estimate of drug-likeness (QED) is 0.763. The first-order valence-corrected chi connectivity index (χ1v) is 9.57. The molecule has 4 aliphatic rings. The van der Waals surface area contributed by atoms with E-state index in [-0.39, 0.29) is 17.9 Å². The summed E-state index contributed by atoms with van der Waals surface area (Å²) in [4.78, 5) is 34.3. The molecule has 6 nitrogen and oxygen atoms in total. The van der Waals surface area contributed by atoms with Crippen LogP contribution in [0, 0.1) is 11.8 Å². The van der Waals surface area contributed by atoms with Gasteiger partial charge in [0, 0.05) is 32.0 Å². The van der Waals surface area contributed by atoms with Crippen LogP contribution in [0.15, 0.2) is 48.3 Å². The van der Waals surface area contributed by atoms with Crippen molar-refractivity contribution >= 4 is 11.8 Å². The maximum Gasteiger partial charge on any atom is 0.230 e. The van der Waals surface area contributed by atoms with Crippen LogP contribution in [0.3, 0.4) is 0 Å². The molecular formula is C21H23N3O3. The van der Waals surface area contributed by atoms with Crippen LogP contribution in [0.2, 0.25) is 0 Å². The number of hydrogen-bond acceptors (Lipinski definition) is 4. The van der Waals surface area contributed by atoms with Crippen LogP contribution < -0.4 is 0 Å². The summed E-state index contributed by atoms with van der Waals surface area (Å²) in [6.07, 6.45) is 10.2. The van der Waals surface area contributed by atoms with Gasteiger partial charge in [0.1, 0.15) is 5.60 Å². The van der Waals surface area contributed by atoms with Gasteiger partial charge in [-0.05, 0) is 25.0 Å². The Morgan fingerprint density at radius 3 is 3.07 bits per heavy atom. The van der Waals surface area contributed by atoms with Crippen LogP contribution >= 0.6 is 0 Å². The first-order valence-electron chi connectivity index (χ1n) is 9.57. The van der Waals surface area contributed by atoms with Gasteiger partial charge in [-0.2, -0.15) is 0 Å². The summed E-state index contributed by atoms with van der Waals surface area (Å²) in [7, 11) is 0. The fourth-order valence-corrected chi connectivity index (χ4v) is 4.89. The Bertz CT molecular complexity index is 849. The Kier molecular flexibility index (Phi) is 3.72. The van der Waals surface area contributed by atoms with Crippen molar-refractivity contribution in [3.05, 3.63) is 53.9 Å². The van der Waals surface area contributed by atoms with Crippen molar-refractivity contribution in [2.24, 2.45) is 11.8 Å². The van der Waals surface area contributed by atoms with Crippen molar-refractivity contribution in [2.45, 2.75) is 31.6 Å². The van der Waals surface area contributed by atoms with Gasteiger partial charge in [-0.25, -0.2) is 0 Å². The number of hydrogen-bond donors (Lipinski definition) is 0. The molecule has 1 aromatic heterocycles. The smallest absolute Gasteiger partial charge is 0.230 e. The van der Waals surface area contributed by atoms with E-state index >= 15 is 0 Å². The van der Waals surface area contributed by atoms with E-state index in [1.54, 1.807) is 12.4 Å². The van der Waals surface area contributed by atoms with Crippen LogP contribution in [0.5, 0.6) is 0 Å². The largest absolute Gasteiger partial charge is 0.360 e. The monoisotopic (exact) mass is 365 g/mol. The minimum Gasteiger partial charge on any atom is -0.360 e. The second-order valence-electron chi connectivity index (χ2n) is 8.04. The average molecular weight is 365 g/mol. The van der Waals surface area contributed by atoms with Gasteiger partial charge in [-0.15, -0.1) is 0 Å². The molecule has 5 rings (SSSR count). The molecule has 1 spiro atoms. The summed E-state index contributed by atoms with van der Waals surface area (Å²) in [5.41, 5.74) is 1.66. The van der Waals surface area contributed by atoms with Gasteiger partial charge in [-0.1, -0.05) is 29.9 Å². The highest BCUT2D eigenvalue weighted by Crippen LogP contribution is 2.52. The van der Waals surface area contributed by atoms with Crippen LogP contribution in [-0.2, 0) is 20.9 Å². The van der Waals surface area contributed by atoms with Gasteiger partial charge in [0.15, 0.2) is 0 Å². The van der Waals surface area contributed by atoms with Gasteiger partial charge >= 0.3 is 0 Å². The number of pyridine rings is 1. The molecule has 1 aromatic rings. The fourth-order valence-electron chi connectivity index (χ4n) is 4.89. The predicted octanol–water partition coefficient (Wildman–Crippen LogP) is 1.54. The van der Waals surface area contributed by atoms with Gasteiger partial charge in [0.2, 0.25) is 11.8 Å². The maximum atomic E-state index is 13.2. The first kappa shape index (κ1) is 16.7. The van der Waals surface area contributed by atoms with Crippen molar-refractivity contribution in [2.75, 3.05) is 19.6 Å². The van der Waals surface area contributed by atoms with Gasteiger partial charge < -0.3 is 14.5 Å². The minimum atomic E-state index is -0.647. The summed E-state index contributed by atoms with van der Waals surface area (Å²) in [6.45, 7) is 4.45. The van der Waals surface area contributed by atoms with Crippen molar-refractivity contribution in [3.63, 3.8) is 0 Å². The lowest BCUT2D eigenvalue weighted by molar-refractivity contribution is -0.143. The average Bonchev–Trinajstić information content (AvgIpc) is 3.31. The lowest BCUT2D eigenvalue weighted by Crippen LogP contribution is -2.47. The predicted molar refractivity (Wildman–Crippen MR) is 98.3 cm³/mol. The van der Waals surface area contributed by atoms with Crippen molar-refractivity contribution in [1.29, 1.82) is 0 Å². The van der Waals surface area contributed by atoms with Crippen molar-refractivity contribution in [1.82, 2.24) is 14.8 Å². The number of rotatable bonds is 3. The molecule has 6 heteroatoms. The number of amides is 2. The summed E-state index contributed by atoms with van der Waals surface area (Å²) >= 11 is 0. The van der Waals surface area contributed by atoms with Gasteiger partial charge in [0.05, 0.1) is 24.5 Å². The maximum absolute atomic E-state index is 13.2. The highest BCUT2D eigenvalue weighted by atomic mass is 16.5. The van der Waals surface area contributed by atoms with Gasteiger partial charge in [-0.3, -0.25) is 14.6 Å². The van der Waals surface area contributed by atoms with Crippen molar-refractivity contribution in [3.8, 4) is 0 Å². The van der Waals surface area contributed by atoms with E-state index in [0.717, 1.165) is 18.5 Å². The molecule has 0 aliphatic carbocycles. The molecule has 27 heavy (non-hydrogen) atoms. The molecule has 0 radical (unpaired) electrons. The molecule has 2 unspecified atom stereocenters. The molecule has 0 aromatic carbocycles. The van der Waals surface area contributed by atoms with Crippen LogP contribution in [0.4, 0.5) is 0 Å². The van der Waals surface area contributed by atoms with E-state index in [4.69, 9.17) is 4.74 Å². The number of carbonyl (C=O) groups is 2. The molecular weight excluding hydrogens is 342 g/mol. The number of likely N-dealkylation sites (tertiary alicyclic amines) is 1. The molecule has 0 N–H and O–H groups in total. The van der Waals surface area contributed by atoms with Gasteiger partial charge in [0.25, 0.3) is 0 Å². The summed E-state index contributed by atoms with van der Waals surface area (Å²) in [5, 5.41) is 0. The second kappa shape index (κ2) is 6.02. The fraction of sp³-hybridized carbons (Fsp3) is 0.476. The van der Waals surface area contributed by atoms with E-state index < -0.39 is 17.4 Å². The molecule has 0 saturated carbocycles. The van der Waals surface area contributed by atoms with E-state index in [2.05, 4.69) is 18.0 Å². The summed E-state index contributed by atoms with van der Waals surface area (Å²) in [5.74, 6) is -0.749. The molecule has 5 heterocycles. The minimum absolute atomic E-state index is 0.0211. The lowest BCUT2D eigenvalue weighted by Gasteiger charge is -2.31. The zero-order chi connectivity index (χ0) is 18.6. The van der Waals surface area contributed by atoms with Crippen LogP contribution in [0.25, 0.3) is 0 Å². The number of aromatic nitrogens is 1.